The molecule has 0 saturated carbocycles. The van der Waals surface area contributed by atoms with Crippen molar-refractivity contribution in [2.24, 2.45) is 0 Å². The van der Waals surface area contributed by atoms with Crippen LogP contribution in [0.2, 0.25) is 0 Å². The zero-order valence-corrected chi connectivity index (χ0v) is 12.5. The second-order valence-corrected chi connectivity index (χ2v) is 4.89. The quantitative estimate of drug-likeness (QED) is 0.386. The average Bonchev–Trinajstić information content (AvgIpc) is 2.60. The molecule has 118 valence electrons. The molecule has 0 N–H and O–H groups in total. The molecule has 0 atom stereocenters. The Morgan fingerprint density at radius 3 is 1.95 bits per heavy atom. The van der Waals surface area contributed by atoms with Crippen molar-refractivity contribution >= 4 is 7.25 Å². The predicted octanol–water partition coefficient (Wildman–Crippen LogP) is 5.16. The van der Waals surface area contributed by atoms with Crippen LogP contribution in [0.4, 0.5) is 17.3 Å². The van der Waals surface area contributed by atoms with Gasteiger partial charge in [-0.25, -0.2) is 4.98 Å². The van der Waals surface area contributed by atoms with Gasteiger partial charge in [-0.1, -0.05) is 39.0 Å². The highest BCUT2D eigenvalue weighted by Crippen LogP contribution is 2.08. The fraction of sp³-hybridized carbons (Fsp3) is 0.769. The van der Waals surface area contributed by atoms with Crippen LogP contribution in [0.25, 0.3) is 0 Å². The predicted molar refractivity (Wildman–Crippen MR) is 75.3 cm³/mol. The van der Waals surface area contributed by atoms with Gasteiger partial charge in [0, 0.05) is 12.7 Å². The average molecular weight is 295 g/mol. The van der Waals surface area contributed by atoms with Crippen molar-refractivity contribution in [3.05, 3.63) is 17.7 Å². The van der Waals surface area contributed by atoms with Crippen LogP contribution in [0.1, 0.15) is 57.0 Å². The first-order valence-corrected chi connectivity index (χ1v) is 7.11. The van der Waals surface area contributed by atoms with E-state index in [1.54, 1.807) is 0 Å². The standard InChI is InChI=1S/C13H24N2.BF4/c1-4-5-6-7-8-9-10-15-11-12(2)14-13(15)3;2-1(3,4)5/h11H,4-10H2,1-3H3;/q;-1. The van der Waals surface area contributed by atoms with Crippen LogP contribution in [0.5, 0.6) is 0 Å². The molecule has 0 radical (unpaired) electrons. The molecule has 7 heteroatoms. The van der Waals surface area contributed by atoms with Crippen LogP contribution >= 0.6 is 0 Å². The maximum atomic E-state index is 9.75. The smallest absolute Gasteiger partial charge is 0.418 e. The molecule has 0 aliphatic carbocycles. The molecule has 0 aliphatic heterocycles. The minimum absolute atomic E-state index is 1.14. The van der Waals surface area contributed by atoms with Gasteiger partial charge >= 0.3 is 7.25 Å². The molecule has 1 aromatic rings. The molecule has 0 unspecified atom stereocenters. The highest BCUT2D eigenvalue weighted by molar-refractivity contribution is 6.50. The molecule has 0 amide bonds. The first-order valence-electron chi connectivity index (χ1n) is 7.11. The summed E-state index contributed by atoms with van der Waals surface area (Å²) in [4.78, 5) is 4.40. The highest BCUT2D eigenvalue weighted by Gasteiger charge is 2.20. The van der Waals surface area contributed by atoms with Gasteiger partial charge in [0.25, 0.3) is 0 Å². The number of hydrogen-bond acceptors (Lipinski definition) is 1. The normalized spacial score (nSPS) is 11.2. The summed E-state index contributed by atoms with van der Waals surface area (Å²) in [6.45, 7) is 7.55. The number of aromatic nitrogens is 2. The molecule has 20 heavy (non-hydrogen) atoms. The lowest BCUT2D eigenvalue weighted by Crippen LogP contribution is -2.02. The molecule has 2 nitrogen and oxygen atoms in total. The van der Waals surface area contributed by atoms with Gasteiger partial charge < -0.3 is 21.8 Å². The summed E-state index contributed by atoms with van der Waals surface area (Å²) in [6.07, 6.45) is 10.3. The molecule has 0 spiro atoms. The van der Waals surface area contributed by atoms with Crippen molar-refractivity contribution in [3.8, 4) is 0 Å². The Kier molecular flexibility index (Phi) is 9.34. The number of hydrogen-bond donors (Lipinski definition) is 0. The van der Waals surface area contributed by atoms with Crippen molar-refractivity contribution < 1.29 is 17.3 Å². The number of halogens is 4. The van der Waals surface area contributed by atoms with E-state index in [2.05, 4.69) is 36.5 Å². The summed E-state index contributed by atoms with van der Waals surface area (Å²) >= 11 is 0. The molecule has 0 aromatic carbocycles. The van der Waals surface area contributed by atoms with Gasteiger partial charge in [-0.3, -0.25) is 0 Å². The zero-order valence-electron chi connectivity index (χ0n) is 12.5. The Bertz CT molecular complexity index is 358. The van der Waals surface area contributed by atoms with Crippen molar-refractivity contribution in [2.75, 3.05) is 0 Å². The topological polar surface area (TPSA) is 17.8 Å². The van der Waals surface area contributed by atoms with Crippen LogP contribution in [0, 0.1) is 13.8 Å². The number of rotatable bonds is 7. The summed E-state index contributed by atoms with van der Waals surface area (Å²) in [5.74, 6) is 1.15. The number of nitrogens with zero attached hydrogens (tertiary/aromatic N) is 2. The third kappa shape index (κ3) is 12.1. The fourth-order valence-corrected chi connectivity index (χ4v) is 1.96. The van der Waals surface area contributed by atoms with Gasteiger partial charge in [0.1, 0.15) is 5.82 Å². The van der Waals surface area contributed by atoms with Crippen molar-refractivity contribution in [2.45, 2.75) is 65.8 Å². The summed E-state index contributed by atoms with van der Waals surface area (Å²) in [5.41, 5.74) is 1.14. The van der Waals surface area contributed by atoms with Crippen molar-refractivity contribution in [1.82, 2.24) is 9.55 Å². The number of unbranched alkanes of at least 4 members (excludes halogenated alkanes) is 5. The lowest BCUT2D eigenvalue weighted by atomic mass is 10.1. The molecule has 0 bridgehead atoms. The first kappa shape index (κ1) is 19.0. The van der Waals surface area contributed by atoms with Gasteiger partial charge in [0.05, 0.1) is 5.69 Å². The summed E-state index contributed by atoms with van der Waals surface area (Å²) in [7, 11) is -6.00. The largest absolute Gasteiger partial charge is 0.673 e. The minimum Gasteiger partial charge on any atom is -0.418 e. The second-order valence-electron chi connectivity index (χ2n) is 4.89. The monoisotopic (exact) mass is 295 g/mol. The van der Waals surface area contributed by atoms with E-state index < -0.39 is 7.25 Å². The number of aryl methyl sites for hydroxylation is 3. The van der Waals surface area contributed by atoms with E-state index >= 15 is 0 Å². The molecule has 0 saturated heterocycles. The third-order valence-corrected chi connectivity index (χ3v) is 2.85. The van der Waals surface area contributed by atoms with Crippen molar-refractivity contribution in [3.63, 3.8) is 0 Å². The summed E-state index contributed by atoms with van der Waals surface area (Å²) < 4.78 is 41.3. The molecule has 1 heterocycles. The van der Waals surface area contributed by atoms with Gasteiger partial charge in [-0.2, -0.15) is 0 Å². The Morgan fingerprint density at radius 2 is 1.50 bits per heavy atom. The lowest BCUT2D eigenvalue weighted by Gasteiger charge is -2.04. The Labute approximate surface area is 118 Å². The molecular formula is C13H24BF4N2-. The van der Waals surface area contributed by atoms with Gasteiger partial charge in [-0.05, 0) is 20.3 Å². The van der Waals surface area contributed by atoms with Crippen LogP contribution in [0.15, 0.2) is 6.20 Å². The zero-order chi connectivity index (χ0) is 15.6. The van der Waals surface area contributed by atoms with E-state index in [0.717, 1.165) is 18.1 Å². The van der Waals surface area contributed by atoms with E-state index in [9.17, 15) is 17.3 Å². The minimum atomic E-state index is -6.00. The first-order chi connectivity index (χ1) is 9.24. The van der Waals surface area contributed by atoms with E-state index in [1.807, 2.05) is 0 Å². The molecular weight excluding hydrogens is 271 g/mol. The third-order valence-electron chi connectivity index (χ3n) is 2.85. The van der Waals surface area contributed by atoms with E-state index in [0.29, 0.717) is 0 Å². The summed E-state index contributed by atoms with van der Waals surface area (Å²) in [5, 5.41) is 0. The lowest BCUT2D eigenvalue weighted by molar-refractivity contribution is 0.368. The molecule has 1 aromatic heterocycles. The molecule has 0 fully saturated rings. The fourth-order valence-electron chi connectivity index (χ4n) is 1.96. The highest BCUT2D eigenvalue weighted by atomic mass is 19.5. The van der Waals surface area contributed by atoms with Crippen LogP contribution in [-0.2, 0) is 6.54 Å². The van der Waals surface area contributed by atoms with Crippen LogP contribution in [-0.4, -0.2) is 16.8 Å². The summed E-state index contributed by atoms with van der Waals surface area (Å²) in [6, 6.07) is 0. The van der Waals surface area contributed by atoms with Crippen LogP contribution in [0.3, 0.4) is 0 Å². The van der Waals surface area contributed by atoms with E-state index in [-0.39, 0.29) is 0 Å². The number of imidazole rings is 1. The van der Waals surface area contributed by atoms with Gasteiger partial charge in [0.15, 0.2) is 0 Å². The van der Waals surface area contributed by atoms with E-state index in [1.165, 1.54) is 38.5 Å². The van der Waals surface area contributed by atoms with Crippen LogP contribution < -0.4 is 0 Å². The van der Waals surface area contributed by atoms with Crippen molar-refractivity contribution in [1.29, 1.82) is 0 Å². The molecule has 0 aliphatic rings. The Morgan fingerprint density at radius 1 is 1.00 bits per heavy atom. The SMILES string of the molecule is CCCCCCCCn1cc(C)nc1C.F[B-](F)(F)F. The maximum absolute atomic E-state index is 9.75. The Hall–Kier alpha value is -1.01. The van der Waals surface area contributed by atoms with Gasteiger partial charge in [0.2, 0.25) is 0 Å². The van der Waals surface area contributed by atoms with E-state index in [4.69, 9.17) is 0 Å². The second kappa shape index (κ2) is 9.83. The maximum Gasteiger partial charge on any atom is 0.673 e. The molecule has 1 rings (SSSR count). The van der Waals surface area contributed by atoms with Gasteiger partial charge in [-0.15, -0.1) is 0 Å². The Balaban J connectivity index is 0.000000621.